The monoisotopic (exact) mass is 306 g/mol. The molecule has 0 saturated carbocycles. The van der Waals surface area contributed by atoms with Crippen LogP contribution < -0.4 is 5.32 Å². The first-order valence-electron chi connectivity index (χ1n) is 6.38. The molecule has 1 N–H and O–H groups in total. The van der Waals surface area contributed by atoms with Crippen molar-refractivity contribution in [2.75, 3.05) is 0 Å². The fourth-order valence-electron chi connectivity index (χ4n) is 1.93. The van der Waals surface area contributed by atoms with Gasteiger partial charge in [-0.3, -0.25) is 14.9 Å². The van der Waals surface area contributed by atoms with Crippen LogP contribution in [0.15, 0.2) is 42.5 Å². The smallest absolute Gasteiger partial charge is 0.270 e. The van der Waals surface area contributed by atoms with Gasteiger partial charge in [0, 0.05) is 12.1 Å². The van der Waals surface area contributed by atoms with Gasteiger partial charge in [-0.25, -0.2) is 8.78 Å². The SMILES string of the molecule is CC(NC(=O)c1cc([N+](=O)[O-])ccc1F)c1cccc(F)c1. The predicted molar refractivity (Wildman–Crippen MR) is 75.3 cm³/mol. The van der Waals surface area contributed by atoms with Crippen LogP contribution in [0, 0.1) is 21.7 Å². The van der Waals surface area contributed by atoms with Crippen molar-refractivity contribution in [1.29, 1.82) is 0 Å². The summed E-state index contributed by atoms with van der Waals surface area (Å²) in [5.74, 6) is -2.13. The van der Waals surface area contributed by atoms with Crippen molar-refractivity contribution in [2.24, 2.45) is 0 Å². The molecule has 22 heavy (non-hydrogen) atoms. The number of nitrogens with one attached hydrogen (secondary N) is 1. The fraction of sp³-hybridized carbons (Fsp3) is 0.133. The van der Waals surface area contributed by atoms with Crippen molar-refractivity contribution in [3.05, 3.63) is 75.3 Å². The number of amides is 1. The van der Waals surface area contributed by atoms with Gasteiger partial charge in [-0.1, -0.05) is 12.1 Å². The van der Waals surface area contributed by atoms with Gasteiger partial charge in [0.05, 0.1) is 16.5 Å². The van der Waals surface area contributed by atoms with Crippen LogP contribution in [0.3, 0.4) is 0 Å². The molecular formula is C15H12F2N2O3. The van der Waals surface area contributed by atoms with Gasteiger partial charge in [0.2, 0.25) is 0 Å². The molecule has 0 aromatic heterocycles. The number of halogens is 2. The summed E-state index contributed by atoms with van der Waals surface area (Å²) in [6, 6.07) is 7.72. The molecule has 0 radical (unpaired) electrons. The van der Waals surface area contributed by atoms with Gasteiger partial charge < -0.3 is 5.32 Å². The maximum atomic E-state index is 13.7. The number of hydrogen-bond donors (Lipinski definition) is 1. The highest BCUT2D eigenvalue weighted by Crippen LogP contribution is 2.19. The van der Waals surface area contributed by atoms with Crippen molar-refractivity contribution in [3.63, 3.8) is 0 Å². The Hall–Kier alpha value is -2.83. The molecule has 0 fully saturated rings. The summed E-state index contributed by atoms with van der Waals surface area (Å²) < 4.78 is 26.8. The molecule has 0 aliphatic heterocycles. The van der Waals surface area contributed by atoms with Gasteiger partial charge in [0.1, 0.15) is 11.6 Å². The molecule has 1 amide bonds. The third-order valence-electron chi connectivity index (χ3n) is 3.10. The topological polar surface area (TPSA) is 72.2 Å². The minimum atomic E-state index is -0.866. The highest BCUT2D eigenvalue weighted by atomic mass is 19.1. The van der Waals surface area contributed by atoms with Gasteiger partial charge in [-0.15, -0.1) is 0 Å². The van der Waals surface area contributed by atoms with Crippen LogP contribution >= 0.6 is 0 Å². The first kappa shape index (κ1) is 15.6. The summed E-state index contributed by atoms with van der Waals surface area (Å²) >= 11 is 0. The Balaban J connectivity index is 2.22. The number of nitro benzene ring substituents is 1. The molecule has 2 rings (SSSR count). The number of benzene rings is 2. The first-order valence-corrected chi connectivity index (χ1v) is 6.38. The van der Waals surface area contributed by atoms with E-state index in [1.165, 1.54) is 18.2 Å². The van der Waals surface area contributed by atoms with E-state index < -0.39 is 34.1 Å². The third-order valence-corrected chi connectivity index (χ3v) is 3.10. The van der Waals surface area contributed by atoms with E-state index in [2.05, 4.69) is 5.32 Å². The number of carbonyl (C=O) groups is 1. The quantitative estimate of drug-likeness (QED) is 0.695. The molecule has 0 spiro atoms. The molecular weight excluding hydrogens is 294 g/mol. The van der Waals surface area contributed by atoms with Crippen LogP contribution in [-0.4, -0.2) is 10.8 Å². The molecule has 5 nitrogen and oxygen atoms in total. The average molecular weight is 306 g/mol. The van der Waals surface area contributed by atoms with Gasteiger partial charge in [-0.2, -0.15) is 0 Å². The lowest BCUT2D eigenvalue weighted by atomic mass is 10.1. The average Bonchev–Trinajstić information content (AvgIpc) is 2.47. The molecule has 0 aliphatic rings. The van der Waals surface area contributed by atoms with E-state index in [0.717, 1.165) is 18.2 Å². The lowest BCUT2D eigenvalue weighted by molar-refractivity contribution is -0.384. The summed E-state index contributed by atoms with van der Waals surface area (Å²) in [7, 11) is 0. The highest BCUT2D eigenvalue weighted by Gasteiger charge is 2.19. The Morgan fingerprint density at radius 2 is 1.95 bits per heavy atom. The number of nitro groups is 1. The zero-order chi connectivity index (χ0) is 16.3. The molecule has 7 heteroatoms. The summed E-state index contributed by atoms with van der Waals surface area (Å²) in [5.41, 5.74) is -0.318. The molecule has 0 aliphatic carbocycles. The number of non-ortho nitro benzene ring substituents is 1. The summed E-state index contributed by atoms with van der Waals surface area (Å²) in [6.45, 7) is 1.60. The van der Waals surface area contributed by atoms with Gasteiger partial charge in [0.15, 0.2) is 0 Å². The minimum Gasteiger partial charge on any atom is -0.345 e. The molecule has 0 saturated heterocycles. The lowest BCUT2D eigenvalue weighted by Crippen LogP contribution is -2.27. The van der Waals surface area contributed by atoms with Crippen molar-refractivity contribution >= 4 is 11.6 Å². The largest absolute Gasteiger partial charge is 0.345 e. The normalized spacial score (nSPS) is 11.8. The maximum absolute atomic E-state index is 13.7. The first-order chi connectivity index (χ1) is 10.4. The second-order valence-corrected chi connectivity index (χ2v) is 4.67. The number of nitrogens with zero attached hydrogens (tertiary/aromatic N) is 1. The summed E-state index contributed by atoms with van der Waals surface area (Å²) in [5, 5.41) is 13.2. The van der Waals surface area contributed by atoms with Gasteiger partial charge in [-0.05, 0) is 30.7 Å². The Kier molecular flexibility index (Phi) is 4.45. The van der Waals surface area contributed by atoms with Crippen LogP contribution in [0.4, 0.5) is 14.5 Å². The Bertz CT molecular complexity index is 734. The Morgan fingerprint density at radius 1 is 1.23 bits per heavy atom. The molecule has 0 bridgehead atoms. The second-order valence-electron chi connectivity index (χ2n) is 4.67. The van der Waals surface area contributed by atoms with E-state index in [-0.39, 0.29) is 5.69 Å². The fourth-order valence-corrected chi connectivity index (χ4v) is 1.93. The highest BCUT2D eigenvalue weighted by molar-refractivity contribution is 5.95. The van der Waals surface area contributed by atoms with Crippen LogP contribution in [0.25, 0.3) is 0 Å². The molecule has 1 atom stereocenters. The molecule has 0 heterocycles. The number of hydrogen-bond acceptors (Lipinski definition) is 3. The molecule has 2 aromatic rings. The van der Waals surface area contributed by atoms with E-state index in [1.54, 1.807) is 13.0 Å². The third kappa shape index (κ3) is 3.43. The minimum absolute atomic E-state index is 0.384. The van der Waals surface area contributed by atoms with E-state index in [9.17, 15) is 23.7 Å². The van der Waals surface area contributed by atoms with E-state index >= 15 is 0 Å². The summed E-state index contributed by atoms with van der Waals surface area (Å²) in [4.78, 5) is 22.0. The zero-order valence-corrected chi connectivity index (χ0v) is 11.5. The zero-order valence-electron chi connectivity index (χ0n) is 11.5. The van der Waals surface area contributed by atoms with Crippen molar-refractivity contribution in [1.82, 2.24) is 5.32 Å². The predicted octanol–water partition coefficient (Wildman–Crippen LogP) is 3.36. The Labute approximate surface area is 124 Å². The van der Waals surface area contributed by atoms with Crippen LogP contribution in [0.5, 0.6) is 0 Å². The van der Waals surface area contributed by atoms with E-state index in [0.29, 0.717) is 5.56 Å². The molecule has 2 aromatic carbocycles. The summed E-state index contributed by atoms with van der Waals surface area (Å²) in [6.07, 6.45) is 0. The standard InChI is InChI=1S/C15H12F2N2O3/c1-9(10-3-2-4-11(16)7-10)18-15(20)13-8-12(19(21)22)5-6-14(13)17/h2-9H,1H3,(H,18,20). The number of carbonyl (C=O) groups excluding carboxylic acids is 1. The van der Waals surface area contributed by atoms with Crippen LogP contribution in [0.2, 0.25) is 0 Å². The molecule has 1 unspecified atom stereocenters. The van der Waals surface area contributed by atoms with Gasteiger partial charge >= 0.3 is 0 Å². The maximum Gasteiger partial charge on any atom is 0.270 e. The van der Waals surface area contributed by atoms with Crippen molar-refractivity contribution < 1.29 is 18.5 Å². The van der Waals surface area contributed by atoms with Crippen molar-refractivity contribution in [3.8, 4) is 0 Å². The molecule has 114 valence electrons. The lowest BCUT2D eigenvalue weighted by Gasteiger charge is -2.14. The van der Waals surface area contributed by atoms with Gasteiger partial charge in [0.25, 0.3) is 11.6 Å². The van der Waals surface area contributed by atoms with Crippen LogP contribution in [0.1, 0.15) is 28.9 Å². The van der Waals surface area contributed by atoms with E-state index in [4.69, 9.17) is 0 Å². The second kappa shape index (κ2) is 6.30. The number of rotatable bonds is 4. The Morgan fingerprint density at radius 3 is 2.59 bits per heavy atom. The van der Waals surface area contributed by atoms with Crippen LogP contribution in [-0.2, 0) is 0 Å². The van der Waals surface area contributed by atoms with Crippen molar-refractivity contribution in [2.45, 2.75) is 13.0 Å². The van der Waals surface area contributed by atoms with E-state index in [1.807, 2.05) is 0 Å².